The van der Waals surface area contributed by atoms with Crippen LogP contribution in [0.4, 0.5) is 0 Å². The highest BCUT2D eigenvalue weighted by Gasteiger charge is 2.17. The number of hydrogen-bond donors (Lipinski definition) is 1. The first-order chi connectivity index (χ1) is 9.32. The quantitative estimate of drug-likeness (QED) is 0.774. The van der Waals surface area contributed by atoms with Gasteiger partial charge in [0, 0.05) is 19.4 Å². The van der Waals surface area contributed by atoms with Crippen LogP contribution in [0.25, 0.3) is 0 Å². The number of hydrogen-bond acceptors (Lipinski definition) is 4. The standard InChI is InChI=1S/C14H21NO4S/c1-11(2)10-19-9-8-15-14(16)12-6-4-5-7-13(12)20(3,17)18/h4-7,11H,8-10H2,1-3H3,(H,15,16). The summed E-state index contributed by atoms with van der Waals surface area (Å²) in [5, 5.41) is 2.66. The van der Waals surface area contributed by atoms with Gasteiger partial charge in [-0.1, -0.05) is 26.0 Å². The van der Waals surface area contributed by atoms with Gasteiger partial charge in [-0.25, -0.2) is 8.42 Å². The Kier molecular flexibility index (Phi) is 6.16. The fraction of sp³-hybridized carbons (Fsp3) is 0.500. The molecule has 0 radical (unpaired) electrons. The van der Waals surface area contributed by atoms with Crippen molar-refractivity contribution in [2.75, 3.05) is 26.0 Å². The Labute approximate surface area is 120 Å². The van der Waals surface area contributed by atoms with E-state index >= 15 is 0 Å². The van der Waals surface area contributed by atoms with Crippen molar-refractivity contribution in [2.24, 2.45) is 5.92 Å². The number of ether oxygens (including phenoxy) is 1. The van der Waals surface area contributed by atoms with Gasteiger partial charge in [0.05, 0.1) is 17.1 Å². The van der Waals surface area contributed by atoms with E-state index in [0.717, 1.165) is 6.26 Å². The highest BCUT2D eigenvalue weighted by Crippen LogP contribution is 2.14. The second-order valence-corrected chi connectivity index (χ2v) is 6.98. The minimum absolute atomic E-state index is 0.0422. The molecular weight excluding hydrogens is 278 g/mol. The Bertz CT molecular complexity index is 552. The Morgan fingerprint density at radius 1 is 1.30 bits per heavy atom. The maximum absolute atomic E-state index is 12.0. The third kappa shape index (κ3) is 5.30. The molecule has 0 aliphatic heterocycles. The molecule has 1 aromatic rings. The van der Waals surface area contributed by atoms with Gasteiger partial charge >= 0.3 is 0 Å². The van der Waals surface area contributed by atoms with E-state index in [1.54, 1.807) is 12.1 Å². The molecule has 1 rings (SSSR count). The first kappa shape index (κ1) is 16.7. The van der Waals surface area contributed by atoms with Crippen LogP contribution in [0.2, 0.25) is 0 Å². The Balaban J connectivity index is 2.61. The Morgan fingerprint density at radius 2 is 1.95 bits per heavy atom. The summed E-state index contributed by atoms with van der Waals surface area (Å²) in [7, 11) is -3.42. The first-order valence-corrected chi connectivity index (χ1v) is 8.36. The zero-order valence-corrected chi connectivity index (χ0v) is 12.9. The maximum Gasteiger partial charge on any atom is 0.252 e. The topological polar surface area (TPSA) is 72.5 Å². The number of rotatable bonds is 7. The smallest absolute Gasteiger partial charge is 0.252 e. The molecule has 0 spiro atoms. The monoisotopic (exact) mass is 299 g/mol. The zero-order valence-electron chi connectivity index (χ0n) is 12.0. The lowest BCUT2D eigenvalue weighted by molar-refractivity contribution is 0.0883. The lowest BCUT2D eigenvalue weighted by atomic mass is 10.2. The number of carbonyl (C=O) groups is 1. The first-order valence-electron chi connectivity index (χ1n) is 6.47. The highest BCUT2D eigenvalue weighted by molar-refractivity contribution is 7.90. The van der Waals surface area contributed by atoms with Crippen LogP contribution in [0.5, 0.6) is 0 Å². The molecule has 0 atom stereocenters. The van der Waals surface area contributed by atoms with Crippen molar-refractivity contribution >= 4 is 15.7 Å². The highest BCUT2D eigenvalue weighted by atomic mass is 32.2. The van der Waals surface area contributed by atoms with Crippen LogP contribution in [0.3, 0.4) is 0 Å². The van der Waals surface area contributed by atoms with Crippen molar-refractivity contribution in [2.45, 2.75) is 18.7 Å². The number of nitrogens with one attached hydrogen (secondary N) is 1. The van der Waals surface area contributed by atoms with Crippen molar-refractivity contribution in [1.82, 2.24) is 5.32 Å². The predicted molar refractivity (Wildman–Crippen MR) is 77.5 cm³/mol. The minimum atomic E-state index is -3.42. The van der Waals surface area contributed by atoms with Gasteiger partial charge in [0.2, 0.25) is 0 Å². The summed E-state index contributed by atoms with van der Waals surface area (Å²) in [6, 6.07) is 6.16. The average Bonchev–Trinajstić information content (AvgIpc) is 2.36. The van der Waals surface area contributed by atoms with E-state index in [2.05, 4.69) is 5.32 Å². The summed E-state index contributed by atoms with van der Waals surface area (Å²) in [4.78, 5) is 12.0. The summed E-state index contributed by atoms with van der Waals surface area (Å²) >= 11 is 0. The van der Waals surface area contributed by atoms with Crippen LogP contribution in [-0.2, 0) is 14.6 Å². The molecule has 0 fully saturated rings. The molecule has 0 unspecified atom stereocenters. The molecule has 6 heteroatoms. The van der Waals surface area contributed by atoms with Gasteiger partial charge in [0.25, 0.3) is 5.91 Å². The molecule has 0 aliphatic carbocycles. The molecule has 0 aliphatic rings. The number of sulfone groups is 1. The van der Waals surface area contributed by atoms with Crippen LogP contribution in [0, 0.1) is 5.92 Å². The molecule has 0 saturated heterocycles. The summed E-state index contributed by atoms with van der Waals surface area (Å²) in [5.74, 6) is 0.0378. The van der Waals surface area contributed by atoms with E-state index in [9.17, 15) is 13.2 Å². The van der Waals surface area contributed by atoms with Crippen LogP contribution in [0.15, 0.2) is 29.2 Å². The lowest BCUT2D eigenvalue weighted by Crippen LogP contribution is -2.28. The van der Waals surface area contributed by atoms with Crippen LogP contribution in [-0.4, -0.2) is 40.3 Å². The van der Waals surface area contributed by atoms with E-state index < -0.39 is 15.7 Å². The van der Waals surface area contributed by atoms with Gasteiger partial charge in [-0.2, -0.15) is 0 Å². The normalized spacial score (nSPS) is 11.6. The molecule has 1 aromatic carbocycles. The fourth-order valence-corrected chi connectivity index (χ4v) is 2.51. The van der Waals surface area contributed by atoms with E-state index in [1.807, 2.05) is 13.8 Å². The molecule has 1 N–H and O–H groups in total. The van der Waals surface area contributed by atoms with Crippen molar-refractivity contribution < 1.29 is 17.9 Å². The number of carbonyl (C=O) groups excluding carboxylic acids is 1. The molecule has 20 heavy (non-hydrogen) atoms. The third-order valence-electron chi connectivity index (χ3n) is 2.51. The number of amides is 1. The minimum Gasteiger partial charge on any atom is -0.379 e. The Morgan fingerprint density at radius 3 is 2.55 bits per heavy atom. The summed E-state index contributed by atoms with van der Waals surface area (Å²) in [6.45, 7) is 5.48. The van der Waals surface area contributed by atoms with E-state index in [0.29, 0.717) is 25.7 Å². The fourth-order valence-electron chi connectivity index (χ4n) is 1.63. The maximum atomic E-state index is 12.0. The van der Waals surface area contributed by atoms with Gasteiger partial charge in [-0.05, 0) is 18.1 Å². The predicted octanol–water partition coefficient (Wildman–Crippen LogP) is 1.49. The largest absolute Gasteiger partial charge is 0.379 e. The van der Waals surface area contributed by atoms with Gasteiger partial charge in [0.1, 0.15) is 0 Å². The SMILES string of the molecule is CC(C)COCCNC(=O)c1ccccc1S(C)(=O)=O. The van der Waals surface area contributed by atoms with Gasteiger partial charge in [-0.15, -0.1) is 0 Å². The van der Waals surface area contributed by atoms with E-state index in [1.165, 1.54) is 12.1 Å². The molecule has 0 aromatic heterocycles. The molecule has 1 amide bonds. The number of benzene rings is 1. The molecule has 0 heterocycles. The molecule has 0 bridgehead atoms. The van der Waals surface area contributed by atoms with Crippen LogP contribution in [0.1, 0.15) is 24.2 Å². The summed E-state index contributed by atoms with van der Waals surface area (Å²) in [6.07, 6.45) is 1.09. The third-order valence-corrected chi connectivity index (χ3v) is 3.67. The summed E-state index contributed by atoms with van der Waals surface area (Å²) in [5.41, 5.74) is 0.166. The van der Waals surface area contributed by atoms with Gasteiger partial charge in [-0.3, -0.25) is 4.79 Å². The molecular formula is C14H21NO4S. The molecule has 112 valence electrons. The van der Waals surface area contributed by atoms with Gasteiger partial charge < -0.3 is 10.1 Å². The summed E-state index contributed by atoms with van der Waals surface area (Å²) < 4.78 is 28.6. The van der Waals surface area contributed by atoms with E-state index in [-0.39, 0.29) is 10.5 Å². The van der Waals surface area contributed by atoms with Crippen molar-refractivity contribution in [3.05, 3.63) is 29.8 Å². The molecule has 0 saturated carbocycles. The van der Waals surface area contributed by atoms with Crippen molar-refractivity contribution in [3.8, 4) is 0 Å². The van der Waals surface area contributed by atoms with Crippen molar-refractivity contribution in [3.63, 3.8) is 0 Å². The van der Waals surface area contributed by atoms with Crippen LogP contribution < -0.4 is 5.32 Å². The second-order valence-electron chi connectivity index (χ2n) is 4.99. The van der Waals surface area contributed by atoms with Crippen molar-refractivity contribution in [1.29, 1.82) is 0 Å². The van der Waals surface area contributed by atoms with E-state index in [4.69, 9.17) is 4.74 Å². The Hall–Kier alpha value is -1.40. The van der Waals surface area contributed by atoms with Crippen LogP contribution >= 0.6 is 0 Å². The molecule has 5 nitrogen and oxygen atoms in total. The lowest BCUT2D eigenvalue weighted by Gasteiger charge is -2.10. The van der Waals surface area contributed by atoms with Gasteiger partial charge in [0.15, 0.2) is 9.84 Å². The zero-order chi connectivity index (χ0) is 15.2. The average molecular weight is 299 g/mol. The second kappa shape index (κ2) is 7.40.